The van der Waals surface area contributed by atoms with Crippen LogP contribution in [0, 0.1) is 0 Å². The minimum Gasteiger partial charge on any atom is -0.309 e. The molecule has 0 aliphatic heterocycles. The lowest BCUT2D eigenvalue weighted by Gasteiger charge is -2.11. The molecular formula is C52H36N4. The minimum absolute atomic E-state index is 0.696. The lowest BCUT2D eigenvalue weighted by molar-refractivity contribution is 1.11. The first-order valence-electron chi connectivity index (χ1n) is 18.9. The molecule has 0 atom stereocenters. The average molecular weight is 717 g/mol. The fraction of sp³-hybridized carbons (Fsp3) is 0. The monoisotopic (exact) mass is 716 g/mol. The van der Waals surface area contributed by atoms with E-state index in [-0.39, 0.29) is 0 Å². The van der Waals surface area contributed by atoms with Gasteiger partial charge in [-0.3, -0.25) is 0 Å². The molecule has 56 heavy (non-hydrogen) atoms. The highest BCUT2D eigenvalue weighted by atomic mass is 15.0. The van der Waals surface area contributed by atoms with Crippen molar-refractivity contribution in [1.29, 1.82) is 0 Å². The Labute approximate surface area is 325 Å². The standard InChI is InChI=1S/C52H36N4/c1-2-42-43-22-12-14-24-48(43)55(40-20-10-5-11-21-40)50(42)32-26-36-27-33-51-45(34-36)44-23-13-15-25-49(44)56(51)41-30-28-39(29-31-41)52-53-46(37-16-6-3-7-17-37)35-47(54-52)38-18-8-4-9-19-38/h2-35H,1H2/b32-26+. The third-order valence-electron chi connectivity index (χ3n) is 10.5. The lowest BCUT2D eigenvalue weighted by Crippen LogP contribution is -1.97. The Morgan fingerprint density at radius 3 is 1.59 bits per heavy atom. The molecule has 0 bridgehead atoms. The largest absolute Gasteiger partial charge is 0.309 e. The Bertz CT molecular complexity index is 3000. The molecule has 0 saturated heterocycles. The third kappa shape index (κ3) is 5.81. The molecule has 0 amide bonds. The van der Waals surface area contributed by atoms with E-state index in [9.17, 15) is 0 Å². The maximum atomic E-state index is 5.06. The van der Waals surface area contributed by atoms with Gasteiger partial charge < -0.3 is 9.13 Å². The van der Waals surface area contributed by atoms with Crippen molar-refractivity contribution < 1.29 is 0 Å². The topological polar surface area (TPSA) is 35.6 Å². The van der Waals surface area contributed by atoms with Gasteiger partial charge in [0.05, 0.1) is 33.6 Å². The van der Waals surface area contributed by atoms with Crippen LogP contribution in [0.5, 0.6) is 0 Å². The van der Waals surface area contributed by atoms with Gasteiger partial charge in [0.15, 0.2) is 5.82 Å². The predicted molar refractivity (Wildman–Crippen MR) is 235 cm³/mol. The third-order valence-corrected chi connectivity index (χ3v) is 10.5. The Hall–Kier alpha value is -7.56. The molecule has 0 fully saturated rings. The van der Waals surface area contributed by atoms with E-state index in [1.54, 1.807) is 0 Å². The fourth-order valence-corrected chi connectivity index (χ4v) is 7.92. The van der Waals surface area contributed by atoms with Gasteiger partial charge in [-0.25, -0.2) is 9.97 Å². The molecule has 3 heterocycles. The van der Waals surface area contributed by atoms with E-state index in [1.807, 2.05) is 42.5 Å². The maximum absolute atomic E-state index is 5.06. The number of aromatic nitrogens is 4. The average Bonchev–Trinajstić information content (AvgIpc) is 3.78. The Morgan fingerprint density at radius 2 is 0.946 bits per heavy atom. The van der Waals surface area contributed by atoms with Crippen LogP contribution in [-0.2, 0) is 0 Å². The van der Waals surface area contributed by atoms with Gasteiger partial charge >= 0.3 is 0 Å². The number of hydrogen-bond donors (Lipinski definition) is 0. The number of rotatable bonds is 8. The Balaban J connectivity index is 1.05. The van der Waals surface area contributed by atoms with Crippen LogP contribution in [0.2, 0.25) is 0 Å². The van der Waals surface area contributed by atoms with Gasteiger partial charge in [-0.15, -0.1) is 0 Å². The molecule has 264 valence electrons. The van der Waals surface area contributed by atoms with Gasteiger partial charge in [0.1, 0.15) is 0 Å². The molecule has 0 aliphatic carbocycles. The molecule has 7 aromatic carbocycles. The van der Waals surface area contributed by atoms with Gasteiger partial charge in [-0.2, -0.15) is 0 Å². The predicted octanol–water partition coefficient (Wildman–Crippen LogP) is 13.3. The van der Waals surface area contributed by atoms with Crippen molar-refractivity contribution in [3.63, 3.8) is 0 Å². The normalized spacial score (nSPS) is 11.6. The van der Waals surface area contributed by atoms with Crippen LogP contribution < -0.4 is 0 Å². The zero-order valence-corrected chi connectivity index (χ0v) is 30.6. The first-order valence-corrected chi connectivity index (χ1v) is 18.9. The molecule has 0 unspecified atom stereocenters. The van der Waals surface area contributed by atoms with Crippen molar-refractivity contribution in [1.82, 2.24) is 19.1 Å². The van der Waals surface area contributed by atoms with Crippen LogP contribution >= 0.6 is 0 Å². The van der Waals surface area contributed by atoms with Crippen LogP contribution in [0.25, 0.3) is 96.2 Å². The zero-order chi connectivity index (χ0) is 37.4. The van der Waals surface area contributed by atoms with Crippen LogP contribution in [-0.4, -0.2) is 19.1 Å². The van der Waals surface area contributed by atoms with Crippen molar-refractivity contribution in [3.8, 4) is 45.3 Å². The molecule has 0 saturated carbocycles. The summed E-state index contributed by atoms with van der Waals surface area (Å²) in [5.74, 6) is 0.696. The maximum Gasteiger partial charge on any atom is 0.160 e. The summed E-state index contributed by atoms with van der Waals surface area (Å²) in [4.78, 5) is 10.1. The molecule has 10 aromatic rings. The van der Waals surface area contributed by atoms with Crippen molar-refractivity contribution in [2.45, 2.75) is 0 Å². The summed E-state index contributed by atoms with van der Waals surface area (Å²) >= 11 is 0. The SMILES string of the molecule is C=Cc1c(/C=C/c2ccc3c(c2)c2ccccc2n3-c2ccc(-c3nc(-c4ccccc4)cc(-c4ccccc4)n3)cc2)n(-c2ccccc2)c2ccccc12. The second kappa shape index (κ2) is 14.0. The van der Waals surface area contributed by atoms with E-state index in [0.717, 1.165) is 72.8 Å². The second-order valence-electron chi connectivity index (χ2n) is 13.9. The Morgan fingerprint density at radius 1 is 0.411 bits per heavy atom. The first kappa shape index (κ1) is 33.0. The number of fused-ring (bicyclic) bond motifs is 4. The fourth-order valence-electron chi connectivity index (χ4n) is 7.92. The van der Waals surface area contributed by atoms with E-state index >= 15 is 0 Å². The minimum atomic E-state index is 0.696. The summed E-state index contributed by atoms with van der Waals surface area (Å²) in [5.41, 5.74) is 13.9. The van der Waals surface area contributed by atoms with Crippen LogP contribution in [0.3, 0.4) is 0 Å². The molecule has 4 heteroatoms. The summed E-state index contributed by atoms with van der Waals surface area (Å²) in [7, 11) is 0. The summed E-state index contributed by atoms with van der Waals surface area (Å²) in [6.45, 7) is 4.21. The zero-order valence-electron chi connectivity index (χ0n) is 30.6. The van der Waals surface area contributed by atoms with Crippen molar-refractivity contribution in [2.75, 3.05) is 0 Å². The van der Waals surface area contributed by atoms with Gasteiger partial charge in [0.25, 0.3) is 0 Å². The van der Waals surface area contributed by atoms with E-state index in [4.69, 9.17) is 9.97 Å². The number of benzene rings is 7. The summed E-state index contributed by atoms with van der Waals surface area (Å²) in [6.07, 6.45) is 6.41. The smallest absolute Gasteiger partial charge is 0.160 e. The molecule has 0 N–H and O–H groups in total. The van der Waals surface area contributed by atoms with E-state index in [1.165, 1.54) is 16.2 Å². The number of hydrogen-bond acceptors (Lipinski definition) is 2. The second-order valence-corrected chi connectivity index (χ2v) is 13.9. The molecular weight excluding hydrogens is 681 g/mol. The summed E-state index contributed by atoms with van der Waals surface area (Å²) < 4.78 is 4.67. The van der Waals surface area contributed by atoms with Gasteiger partial charge in [0, 0.05) is 49.8 Å². The molecule has 4 nitrogen and oxygen atoms in total. The summed E-state index contributed by atoms with van der Waals surface area (Å²) in [5, 5.41) is 3.59. The van der Waals surface area contributed by atoms with E-state index in [0.29, 0.717) is 5.82 Å². The first-order chi connectivity index (χ1) is 27.7. The molecule has 3 aromatic heterocycles. The van der Waals surface area contributed by atoms with E-state index < -0.39 is 0 Å². The van der Waals surface area contributed by atoms with Crippen LogP contribution in [0.1, 0.15) is 16.8 Å². The molecule has 0 spiro atoms. The van der Waals surface area contributed by atoms with Gasteiger partial charge in [-0.1, -0.05) is 140 Å². The Kier molecular flexibility index (Phi) is 8.27. The highest BCUT2D eigenvalue weighted by Gasteiger charge is 2.16. The highest BCUT2D eigenvalue weighted by Crippen LogP contribution is 2.36. The molecule has 0 aliphatic rings. The van der Waals surface area contributed by atoms with Crippen molar-refractivity contribution >= 4 is 50.9 Å². The lowest BCUT2D eigenvalue weighted by atomic mass is 10.1. The van der Waals surface area contributed by atoms with Crippen molar-refractivity contribution in [3.05, 3.63) is 211 Å². The van der Waals surface area contributed by atoms with Gasteiger partial charge in [0.2, 0.25) is 0 Å². The highest BCUT2D eigenvalue weighted by molar-refractivity contribution is 6.10. The van der Waals surface area contributed by atoms with Crippen LogP contribution in [0.4, 0.5) is 0 Å². The molecule has 10 rings (SSSR count). The molecule has 0 radical (unpaired) electrons. The summed E-state index contributed by atoms with van der Waals surface area (Å²) in [6, 6.07) is 65.8. The van der Waals surface area contributed by atoms with Gasteiger partial charge in [-0.05, 0) is 78.4 Å². The quantitative estimate of drug-likeness (QED) is 0.157. The number of para-hydroxylation sites is 3. The van der Waals surface area contributed by atoms with Crippen LogP contribution in [0.15, 0.2) is 195 Å². The number of nitrogens with zero attached hydrogens (tertiary/aromatic N) is 4. The van der Waals surface area contributed by atoms with E-state index in [2.05, 4.69) is 180 Å². The van der Waals surface area contributed by atoms with Crippen molar-refractivity contribution in [2.24, 2.45) is 0 Å².